The van der Waals surface area contributed by atoms with Crippen LogP contribution in [0.1, 0.15) is 23.2 Å². The molecule has 2 aliphatic heterocycles. The minimum atomic E-state index is -4.12. The molecule has 0 bridgehead atoms. The molecule has 1 fully saturated rings. The lowest BCUT2D eigenvalue weighted by Crippen LogP contribution is -2.31. The van der Waals surface area contributed by atoms with E-state index in [-0.39, 0.29) is 25.2 Å². The number of benzene rings is 1. The van der Waals surface area contributed by atoms with Crippen molar-refractivity contribution in [2.75, 3.05) is 33.0 Å². The highest BCUT2D eigenvalue weighted by molar-refractivity contribution is 5.94. The third-order valence-corrected chi connectivity index (χ3v) is 4.27. The van der Waals surface area contributed by atoms with E-state index in [1.165, 1.54) is 0 Å². The lowest BCUT2D eigenvalue weighted by molar-refractivity contribution is -0.137. The van der Waals surface area contributed by atoms with Gasteiger partial charge in [-0.3, -0.25) is 4.79 Å². The molecule has 0 saturated carbocycles. The average Bonchev–Trinajstić information content (AvgIpc) is 3.18. The quantitative estimate of drug-likeness (QED) is 0.891. The van der Waals surface area contributed by atoms with Crippen molar-refractivity contribution in [3.8, 4) is 11.5 Å². The number of hydrogen-bond acceptors (Lipinski definition) is 4. The van der Waals surface area contributed by atoms with Gasteiger partial charge in [-0.2, -0.15) is 13.2 Å². The first-order chi connectivity index (χ1) is 11.4. The third kappa shape index (κ3) is 4.31. The second kappa shape index (κ2) is 6.88. The van der Waals surface area contributed by atoms with Crippen molar-refractivity contribution in [1.82, 2.24) is 10.2 Å². The molecule has 132 valence electrons. The number of rotatable bonds is 5. The van der Waals surface area contributed by atoms with Crippen molar-refractivity contribution in [2.45, 2.75) is 19.0 Å². The van der Waals surface area contributed by atoms with Gasteiger partial charge in [-0.1, -0.05) is 0 Å². The Balaban J connectivity index is 1.44. The summed E-state index contributed by atoms with van der Waals surface area (Å²) in [6.07, 6.45) is -4.12. The van der Waals surface area contributed by atoms with Crippen molar-refractivity contribution in [2.24, 2.45) is 5.92 Å². The highest BCUT2D eigenvalue weighted by atomic mass is 19.4. The Kier molecular flexibility index (Phi) is 4.84. The lowest BCUT2D eigenvalue weighted by atomic mass is 10.1. The fourth-order valence-electron chi connectivity index (χ4n) is 2.94. The summed E-state index contributed by atoms with van der Waals surface area (Å²) in [5, 5.41) is 2.84. The topological polar surface area (TPSA) is 50.8 Å². The Hall–Kier alpha value is -1.96. The molecule has 1 aromatic carbocycles. The Labute approximate surface area is 137 Å². The summed E-state index contributed by atoms with van der Waals surface area (Å²) in [5.41, 5.74) is 0.478. The summed E-state index contributed by atoms with van der Waals surface area (Å²) in [4.78, 5) is 14.0. The SMILES string of the molecule is O=C(NC[C@@H]1CCN(CCC(F)(F)F)C1)c1ccc2c(c1)OCO2. The van der Waals surface area contributed by atoms with E-state index >= 15 is 0 Å². The molecule has 0 unspecified atom stereocenters. The predicted octanol–water partition coefficient (Wildman–Crippen LogP) is 2.42. The summed E-state index contributed by atoms with van der Waals surface area (Å²) >= 11 is 0. The largest absolute Gasteiger partial charge is 0.454 e. The van der Waals surface area contributed by atoms with Crippen LogP contribution in [0.15, 0.2) is 18.2 Å². The van der Waals surface area contributed by atoms with Crippen LogP contribution in [-0.4, -0.2) is 50.0 Å². The number of ether oxygens (including phenoxy) is 2. The van der Waals surface area contributed by atoms with Crippen LogP contribution in [0.4, 0.5) is 13.2 Å². The molecule has 0 aliphatic carbocycles. The van der Waals surface area contributed by atoms with Crippen LogP contribution in [0.25, 0.3) is 0 Å². The van der Waals surface area contributed by atoms with Gasteiger partial charge in [0.25, 0.3) is 5.91 Å². The van der Waals surface area contributed by atoms with Crippen molar-refractivity contribution in [3.05, 3.63) is 23.8 Å². The van der Waals surface area contributed by atoms with Gasteiger partial charge in [-0.05, 0) is 37.1 Å². The van der Waals surface area contributed by atoms with Crippen LogP contribution in [0.3, 0.4) is 0 Å². The van der Waals surface area contributed by atoms with Gasteiger partial charge in [-0.15, -0.1) is 0 Å². The van der Waals surface area contributed by atoms with Gasteiger partial charge >= 0.3 is 6.18 Å². The predicted molar refractivity (Wildman–Crippen MR) is 80.1 cm³/mol. The molecule has 1 atom stereocenters. The second-order valence-electron chi connectivity index (χ2n) is 6.10. The van der Waals surface area contributed by atoms with E-state index < -0.39 is 12.6 Å². The number of fused-ring (bicyclic) bond motifs is 1. The minimum absolute atomic E-state index is 0.0239. The van der Waals surface area contributed by atoms with Gasteiger partial charge < -0.3 is 19.7 Å². The first kappa shape index (κ1) is 16.9. The van der Waals surface area contributed by atoms with Gasteiger partial charge in [0, 0.05) is 25.2 Å². The molecule has 2 aliphatic rings. The Morgan fingerprint density at radius 1 is 1.29 bits per heavy atom. The highest BCUT2D eigenvalue weighted by Crippen LogP contribution is 2.32. The van der Waals surface area contributed by atoms with E-state index in [0.717, 1.165) is 6.42 Å². The van der Waals surface area contributed by atoms with Gasteiger partial charge in [0.05, 0.1) is 6.42 Å². The normalized spacial score (nSPS) is 20.4. The van der Waals surface area contributed by atoms with Crippen molar-refractivity contribution < 1.29 is 27.4 Å². The third-order valence-electron chi connectivity index (χ3n) is 4.27. The fraction of sp³-hybridized carbons (Fsp3) is 0.562. The zero-order valence-corrected chi connectivity index (χ0v) is 13.1. The summed E-state index contributed by atoms with van der Waals surface area (Å²) in [5.74, 6) is 1.11. The smallest absolute Gasteiger partial charge is 0.390 e. The number of carbonyl (C=O) groups excluding carboxylic acids is 1. The zero-order chi connectivity index (χ0) is 17.2. The molecule has 0 aromatic heterocycles. The average molecular weight is 344 g/mol. The molecule has 1 N–H and O–H groups in total. The monoisotopic (exact) mass is 344 g/mol. The van der Waals surface area contributed by atoms with Gasteiger partial charge in [0.1, 0.15) is 0 Å². The minimum Gasteiger partial charge on any atom is -0.454 e. The molecule has 3 rings (SSSR count). The summed E-state index contributed by atoms with van der Waals surface area (Å²) in [7, 11) is 0. The zero-order valence-electron chi connectivity index (χ0n) is 13.1. The molecule has 1 aromatic rings. The number of halogens is 3. The molecule has 1 saturated heterocycles. The summed E-state index contributed by atoms with van der Waals surface area (Å²) < 4.78 is 47.1. The molecule has 24 heavy (non-hydrogen) atoms. The Morgan fingerprint density at radius 2 is 2.08 bits per heavy atom. The Bertz CT molecular complexity index is 607. The van der Waals surface area contributed by atoms with Crippen molar-refractivity contribution >= 4 is 5.91 Å². The van der Waals surface area contributed by atoms with Gasteiger partial charge in [-0.25, -0.2) is 0 Å². The molecule has 2 heterocycles. The first-order valence-corrected chi connectivity index (χ1v) is 7.88. The maximum atomic E-state index is 12.2. The van der Waals surface area contributed by atoms with Gasteiger partial charge in [0.15, 0.2) is 11.5 Å². The van der Waals surface area contributed by atoms with E-state index in [4.69, 9.17) is 9.47 Å². The summed E-state index contributed by atoms with van der Waals surface area (Å²) in [6, 6.07) is 4.97. The van der Waals surface area contributed by atoms with Crippen LogP contribution in [-0.2, 0) is 0 Å². The van der Waals surface area contributed by atoms with E-state index in [9.17, 15) is 18.0 Å². The standard InChI is InChI=1S/C16H19F3N2O3/c17-16(18,19)4-6-21-5-3-11(9-21)8-20-15(22)12-1-2-13-14(7-12)24-10-23-13/h1-2,7,11H,3-6,8-10H2,(H,20,22)/t11-/m0/s1. The summed E-state index contributed by atoms with van der Waals surface area (Å²) in [6.45, 7) is 1.85. The molecular weight excluding hydrogens is 325 g/mol. The van der Waals surface area contributed by atoms with Crippen LogP contribution in [0.5, 0.6) is 11.5 Å². The number of amides is 1. The molecular formula is C16H19F3N2O3. The maximum Gasteiger partial charge on any atom is 0.390 e. The highest BCUT2D eigenvalue weighted by Gasteiger charge is 2.30. The molecule has 8 heteroatoms. The molecule has 1 amide bonds. The second-order valence-corrected chi connectivity index (χ2v) is 6.10. The maximum absolute atomic E-state index is 12.2. The van der Waals surface area contributed by atoms with Crippen LogP contribution >= 0.6 is 0 Å². The van der Waals surface area contributed by atoms with Gasteiger partial charge in [0.2, 0.25) is 6.79 Å². The van der Waals surface area contributed by atoms with E-state index in [1.54, 1.807) is 23.1 Å². The molecule has 0 radical (unpaired) electrons. The number of hydrogen-bond donors (Lipinski definition) is 1. The van der Waals surface area contributed by atoms with Crippen LogP contribution in [0, 0.1) is 5.92 Å². The molecule has 0 spiro atoms. The first-order valence-electron chi connectivity index (χ1n) is 7.88. The van der Waals surface area contributed by atoms with E-state index in [0.29, 0.717) is 36.7 Å². The van der Waals surface area contributed by atoms with Crippen LogP contribution < -0.4 is 14.8 Å². The fourth-order valence-corrected chi connectivity index (χ4v) is 2.94. The van der Waals surface area contributed by atoms with Crippen LogP contribution in [0.2, 0.25) is 0 Å². The van der Waals surface area contributed by atoms with E-state index in [1.807, 2.05) is 0 Å². The van der Waals surface area contributed by atoms with Crippen molar-refractivity contribution in [1.29, 1.82) is 0 Å². The number of nitrogens with zero attached hydrogens (tertiary/aromatic N) is 1. The molecule has 5 nitrogen and oxygen atoms in total. The van der Waals surface area contributed by atoms with Crippen molar-refractivity contribution in [3.63, 3.8) is 0 Å². The number of nitrogens with one attached hydrogen (secondary N) is 1. The Morgan fingerprint density at radius 3 is 2.88 bits per heavy atom. The number of likely N-dealkylation sites (tertiary alicyclic amines) is 1. The number of carbonyl (C=O) groups is 1. The van der Waals surface area contributed by atoms with E-state index in [2.05, 4.69) is 5.32 Å². The number of alkyl halides is 3. The lowest BCUT2D eigenvalue weighted by Gasteiger charge is -2.17.